The average Bonchev–Trinajstić information content (AvgIpc) is 2.96. The quantitative estimate of drug-likeness (QED) is 0.190. The fourth-order valence-electron chi connectivity index (χ4n) is 5.58. The molecule has 0 radical (unpaired) electrons. The molecule has 0 saturated carbocycles. The molecule has 0 amide bonds. The van der Waals surface area contributed by atoms with E-state index < -0.39 is 33.6 Å². The van der Waals surface area contributed by atoms with Crippen LogP contribution < -0.4 is 11.1 Å². The first kappa shape index (κ1) is 31.6. The molecule has 6 nitrogen and oxygen atoms in total. The highest BCUT2D eigenvalue weighted by Crippen LogP contribution is 2.36. The van der Waals surface area contributed by atoms with Crippen LogP contribution >= 0.6 is 23.2 Å². The molecule has 0 bridgehead atoms. The van der Waals surface area contributed by atoms with Crippen LogP contribution in [0.25, 0.3) is 44.3 Å². The Labute approximate surface area is 273 Å². The summed E-state index contributed by atoms with van der Waals surface area (Å²) in [5.41, 5.74) is -0.327. The minimum atomic E-state index is -0.661. The van der Waals surface area contributed by atoms with Crippen LogP contribution in [0.3, 0.4) is 0 Å². The fourth-order valence-corrected chi connectivity index (χ4v) is 6.18. The largest absolute Gasteiger partial charge is 0.268 e. The second-order valence-corrected chi connectivity index (χ2v) is 14.0. The topological polar surface area (TPSA) is 69.8 Å². The third kappa shape index (κ3) is 5.29. The monoisotopic (exact) mass is 658 g/mol. The van der Waals surface area contributed by atoms with Crippen molar-refractivity contribution < 1.29 is 8.78 Å². The number of rotatable bonds is 3. The SMILES string of the molecule is CC(C)(C)c1nc2ccc(-c3ccc(F)c(-n4c(C(C)(C)C)nc5cccc(Cl)c5c4=O)c3)c(Cl)c2c(=O)n1-c1cccc(F)c1. The van der Waals surface area contributed by atoms with Crippen LogP contribution in [-0.2, 0) is 10.8 Å². The normalized spacial score (nSPS) is 12.3. The van der Waals surface area contributed by atoms with E-state index in [2.05, 4.69) is 0 Å². The molecule has 2 heterocycles. The number of aromatic nitrogens is 4. The zero-order valence-electron chi connectivity index (χ0n) is 26.0. The number of hydrogen-bond acceptors (Lipinski definition) is 4. The molecule has 0 saturated heterocycles. The molecule has 6 rings (SSSR count). The van der Waals surface area contributed by atoms with E-state index in [9.17, 15) is 14.0 Å². The third-order valence-electron chi connectivity index (χ3n) is 7.73. The van der Waals surface area contributed by atoms with Crippen molar-refractivity contribution in [1.82, 2.24) is 19.1 Å². The van der Waals surface area contributed by atoms with E-state index in [4.69, 9.17) is 33.2 Å². The Hall–Kier alpha value is -4.40. The van der Waals surface area contributed by atoms with Crippen LogP contribution in [0.4, 0.5) is 8.78 Å². The summed E-state index contributed by atoms with van der Waals surface area (Å²) in [5.74, 6) is -0.395. The lowest BCUT2D eigenvalue weighted by molar-refractivity contribution is 0.518. The van der Waals surface area contributed by atoms with Gasteiger partial charge in [-0.3, -0.25) is 18.7 Å². The molecule has 46 heavy (non-hydrogen) atoms. The highest BCUT2D eigenvalue weighted by atomic mass is 35.5. The lowest BCUT2D eigenvalue weighted by Crippen LogP contribution is -2.31. The van der Waals surface area contributed by atoms with Gasteiger partial charge in [-0.05, 0) is 54.1 Å². The molecule has 0 aliphatic carbocycles. The van der Waals surface area contributed by atoms with Gasteiger partial charge in [0.1, 0.15) is 23.3 Å². The zero-order valence-corrected chi connectivity index (χ0v) is 27.6. The van der Waals surface area contributed by atoms with Crippen LogP contribution in [0.1, 0.15) is 53.2 Å². The van der Waals surface area contributed by atoms with E-state index in [1.807, 2.05) is 41.5 Å². The summed E-state index contributed by atoms with van der Waals surface area (Å²) in [6, 6.07) is 18.4. The first-order valence-electron chi connectivity index (χ1n) is 14.6. The Morgan fingerprint density at radius 3 is 1.93 bits per heavy atom. The van der Waals surface area contributed by atoms with Crippen molar-refractivity contribution in [2.75, 3.05) is 0 Å². The molecule has 0 unspecified atom stereocenters. The lowest BCUT2D eigenvalue weighted by Gasteiger charge is -2.24. The number of benzene rings is 4. The van der Waals surface area contributed by atoms with Gasteiger partial charge in [0, 0.05) is 16.4 Å². The highest BCUT2D eigenvalue weighted by Gasteiger charge is 2.28. The Bertz CT molecular complexity index is 2330. The second kappa shape index (κ2) is 11.1. The van der Waals surface area contributed by atoms with Crippen LogP contribution in [0, 0.1) is 11.6 Å². The van der Waals surface area contributed by atoms with E-state index in [-0.39, 0.29) is 26.5 Å². The molecular formula is C36H30Cl2F2N4O2. The van der Waals surface area contributed by atoms with E-state index >= 15 is 4.39 Å². The van der Waals surface area contributed by atoms with Crippen molar-refractivity contribution >= 4 is 45.0 Å². The molecule has 6 aromatic rings. The van der Waals surface area contributed by atoms with Crippen molar-refractivity contribution in [3.05, 3.63) is 127 Å². The fraction of sp³-hybridized carbons (Fsp3) is 0.222. The number of halogens is 4. The van der Waals surface area contributed by atoms with Gasteiger partial charge in [0.25, 0.3) is 11.1 Å². The third-order valence-corrected chi connectivity index (χ3v) is 8.44. The summed E-state index contributed by atoms with van der Waals surface area (Å²) < 4.78 is 32.6. The van der Waals surface area contributed by atoms with Crippen LogP contribution in [0.5, 0.6) is 0 Å². The predicted molar refractivity (Wildman–Crippen MR) is 181 cm³/mol. The van der Waals surface area contributed by atoms with E-state index in [1.54, 1.807) is 36.4 Å². The predicted octanol–water partition coefficient (Wildman–Crippen LogP) is 8.93. The molecule has 0 fully saturated rings. The van der Waals surface area contributed by atoms with Gasteiger partial charge in [-0.1, -0.05) is 89.0 Å². The number of nitrogens with zero attached hydrogens (tertiary/aromatic N) is 4. The Balaban J connectivity index is 1.64. The molecule has 0 aliphatic heterocycles. The van der Waals surface area contributed by atoms with Gasteiger partial charge >= 0.3 is 0 Å². The summed E-state index contributed by atoms with van der Waals surface area (Å²) in [7, 11) is 0. The van der Waals surface area contributed by atoms with Crippen molar-refractivity contribution in [3.63, 3.8) is 0 Å². The Kier molecular flexibility index (Phi) is 7.65. The molecule has 234 valence electrons. The Morgan fingerprint density at radius 2 is 1.28 bits per heavy atom. The summed E-state index contributed by atoms with van der Waals surface area (Å²) in [6.45, 7) is 11.4. The maximum absolute atomic E-state index is 15.7. The molecule has 10 heteroatoms. The summed E-state index contributed by atoms with van der Waals surface area (Å²) >= 11 is 13.4. The first-order valence-corrected chi connectivity index (χ1v) is 15.4. The molecular weight excluding hydrogens is 629 g/mol. The van der Waals surface area contributed by atoms with Crippen LogP contribution in [-0.4, -0.2) is 19.1 Å². The van der Waals surface area contributed by atoms with E-state index in [1.165, 1.54) is 45.5 Å². The van der Waals surface area contributed by atoms with Crippen molar-refractivity contribution in [2.24, 2.45) is 0 Å². The molecule has 0 atom stereocenters. The molecule has 0 aliphatic rings. The van der Waals surface area contributed by atoms with Gasteiger partial charge in [0.05, 0.1) is 43.2 Å². The molecule has 0 N–H and O–H groups in total. The average molecular weight is 660 g/mol. The van der Waals surface area contributed by atoms with Crippen molar-refractivity contribution in [1.29, 1.82) is 0 Å². The van der Waals surface area contributed by atoms with Gasteiger partial charge in [0.15, 0.2) is 0 Å². The van der Waals surface area contributed by atoms with Gasteiger partial charge in [-0.2, -0.15) is 0 Å². The minimum Gasteiger partial charge on any atom is -0.268 e. The van der Waals surface area contributed by atoms with E-state index in [0.717, 1.165) is 0 Å². The van der Waals surface area contributed by atoms with Gasteiger partial charge < -0.3 is 0 Å². The summed E-state index contributed by atoms with van der Waals surface area (Å²) in [5, 5.41) is 0.578. The minimum absolute atomic E-state index is 0.0451. The van der Waals surface area contributed by atoms with Crippen LogP contribution in [0.2, 0.25) is 10.0 Å². The van der Waals surface area contributed by atoms with Gasteiger partial charge in [0.2, 0.25) is 0 Å². The molecule has 2 aromatic heterocycles. The van der Waals surface area contributed by atoms with Crippen molar-refractivity contribution in [2.45, 2.75) is 52.4 Å². The standard InChI is InChI=1S/C36H30Cl2F2N4O2/c1-35(2,3)33-42-26-16-14-22(30(38)29(26)32(46)43(33)21-10-7-9-20(39)18-21)19-13-15-24(40)27(17-19)44-31(45)28-23(37)11-8-12-25(28)41-34(44)36(4,5)6/h7-18H,1-6H3. The molecule has 4 aromatic carbocycles. The smallest absolute Gasteiger partial charge is 0.267 e. The highest BCUT2D eigenvalue weighted by molar-refractivity contribution is 6.38. The van der Waals surface area contributed by atoms with Crippen LogP contribution in [0.15, 0.2) is 82.4 Å². The lowest BCUT2D eigenvalue weighted by atomic mass is 9.94. The summed E-state index contributed by atoms with van der Waals surface area (Å²) in [4.78, 5) is 37.7. The zero-order chi connectivity index (χ0) is 33.3. The Morgan fingerprint density at radius 1 is 0.674 bits per heavy atom. The van der Waals surface area contributed by atoms with Gasteiger partial charge in [-0.25, -0.2) is 18.7 Å². The second-order valence-electron chi connectivity index (χ2n) is 13.3. The van der Waals surface area contributed by atoms with Gasteiger partial charge in [-0.15, -0.1) is 0 Å². The maximum Gasteiger partial charge on any atom is 0.267 e. The van der Waals surface area contributed by atoms with E-state index in [0.29, 0.717) is 39.5 Å². The molecule has 0 spiro atoms. The first-order chi connectivity index (χ1) is 21.6. The number of fused-ring (bicyclic) bond motifs is 2. The van der Waals surface area contributed by atoms with Crippen molar-refractivity contribution in [3.8, 4) is 22.5 Å². The maximum atomic E-state index is 15.7. The summed E-state index contributed by atoms with van der Waals surface area (Å²) in [6.07, 6.45) is 0. The number of hydrogen-bond donors (Lipinski definition) is 0.